The second-order valence-corrected chi connectivity index (χ2v) is 11.8. The van der Waals surface area contributed by atoms with Gasteiger partial charge in [0.1, 0.15) is 11.0 Å². The van der Waals surface area contributed by atoms with Crippen LogP contribution in [0.2, 0.25) is 5.15 Å². The highest BCUT2D eigenvalue weighted by Crippen LogP contribution is 2.43. The van der Waals surface area contributed by atoms with Crippen molar-refractivity contribution >= 4 is 47.5 Å². The fourth-order valence-electron chi connectivity index (χ4n) is 3.67. The molecule has 2 unspecified atom stereocenters. The summed E-state index contributed by atoms with van der Waals surface area (Å²) in [6, 6.07) is 11.6. The number of carbonyl (C=O) groups excluding carboxylic acids is 1. The Kier molecular flexibility index (Phi) is 6.76. The van der Waals surface area contributed by atoms with Crippen molar-refractivity contribution in [2.75, 3.05) is 23.3 Å². The predicted octanol–water partition coefficient (Wildman–Crippen LogP) is 5.22. The molecule has 1 fully saturated rings. The van der Waals surface area contributed by atoms with Crippen molar-refractivity contribution in [3.8, 4) is 11.1 Å². The number of nitrogens with zero attached hydrogens (tertiary/aromatic N) is 4. The van der Waals surface area contributed by atoms with Gasteiger partial charge >= 0.3 is 0 Å². The van der Waals surface area contributed by atoms with Crippen LogP contribution in [0.25, 0.3) is 11.1 Å². The zero-order valence-corrected chi connectivity index (χ0v) is 21.1. The minimum atomic E-state index is -0.287. The van der Waals surface area contributed by atoms with Gasteiger partial charge in [-0.3, -0.25) is 4.79 Å². The number of nitrogens with one attached hydrogen (secondary N) is 1. The first-order chi connectivity index (χ1) is 15.2. The molecular weight excluding hydrogens is 460 g/mol. The largest absolute Gasteiger partial charge is 0.354 e. The van der Waals surface area contributed by atoms with E-state index in [1.54, 1.807) is 18.5 Å². The molecule has 1 aliphatic heterocycles. The van der Waals surface area contributed by atoms with Gasteiger partial charge in [0.15, 0.2) is 5.82 Å². The molecule has 1 aliphatic rings. The summed E-state index contributed by atoms with van der Waals surface area (Å²) in [5.74, 6) is 1.27. The number of pyridine rings is 1. The van der Waals surface area contributed by atoms with Crippen LogP contribution in [0, 0.1) is 0 Å². The van der Waals surface area contributed by atoms with E-state index in [2.05, 4.69) is 43.6 Å². The molecule has 0 saturated carbocycles. The van der Waals surface area contributed by atoms with E-state index in [4.69, 9.17) is 11.6 Å². The molecule has 0 spiro atoms. The third-order valence-corrected chi connectivity index (χ3v) is 6.51. The van der Waals surface area contributed by atoms with Gasteiger partial charge in [-0.1, -0.05) is 55.8 Å². The van der Waals surface area contributed by atoms with Gasteiger partial charge in [0.05, 0.1) is 11.3 Å². The molecule has 3 aromatic rings. The summed E-state index contributed by atoms with van der Waals surface area (Å²) < 4.78 is 0. The van der Waals surface area contributed by atoms with Crippen molar-refractivity contribution in [2.45, 2.75) is 31.1 Å². The van der Waals surface area contributed by atoms with Crippen molar-refractivity contribution in [3.05, 3.63) is 65.3 Å². The minimum absolute atomic E-state index is 0.00129. The Morgan fingerprint density at radius 2 is 1.88 bits per heavy atom. The standard InChI is InChI=1S/C23H26ClN5OP2/c1-14(2)20-25-11-16(12-26-20)22(30)28-19-17(15-6-4-3-5-7-15)10-18(24)27-21(19)29-9-8-23(31,32)13-29/h3-7,10-12,14H,8-9,13,31-32H2,1-2H3,(H,28,30). The molecule has 32 heavy (non-hydrogen) atoms. The van der Waals surface area contributed by atoms with E-state index in [9.17, 15) is 4.79 Å². The van der Waals surface area contributed by atoms with Crippen molar-refractivity contribution in [3.63, 3.8) is 0 Å². The number of amides is 1. The molecule has 1 N–H and O–H groups in total. The number of hydrogen-bond acceptors (Lipinski definition) is 5. The van der Waals surface area contributed by atoms with Gasteiger partial charge in [-0.15, -0.1) is 18.5 Å². The summed E-state index contributed by atoms with van der Waals surface area (Å²) in [5.41, 5.74) is 2.79. The Morgan fingerprint density at radius 3 is 2.47 bits per heavy atom. The molecule has 0 aliphatic carbocycles. The van der Waals surface area contributed by atoms with Crippen LogP contribution >= 0.6 is 30.1 Å². The quantitative estimate of drug-likeness (QED) is 0.396. The number of carbonyl (C=O) groups is 1. The third kappa shape index (κ3) is 5.09. The van der Waals surface area contributed by atoms with Gasteiger partial charge < -0.3 is 10.2 Å². The molecule has 6 nitrogen and oxygen atoms in total. The van der Waals surface area contributed by atoms with Crippen LogP contribution in [0.15, 0.2) is 48.8 Å². The molecule has 0 bridgehead atoms. The molecule has 1 saturated heterocycles. The average Bonchev–Trinajstić information content (AvgIpc) is 3.14. The molecule has 1 amide bonds. The van der Waals surface area contributed by atoms with Crippen LogP contribution in [0.3, 0.4) is 0 Å². The van der Waals surface area contributed by atoms with E-state index in [1.165, 1.54) is 0 Å². The van der Waals surface area contributed by atoms with E-state index < -0.39 is 0 Å². The average molecular weight is 486 g/mol. The molecule has 1 aromatic carbocycles. The first kappa shape index (κ1) is 23.0. The number of halogens is 1. The molecule has 9 heteroatoms. The summed E-state index contributed by atoms with van der Waals surface area (Å²) in [4.78, 5) is 28.6. The number of anilines is 2. The smallest absolute Gasteiger partial charge is 0.258 e. The highest BCUT2D eigenvalue weighted by molar-refractivity contribution is 7.40. The van der Waals surface area contributed by atoms with Crippen LogP contribution < -0.4 is 10.2 Å². The maximum Gasteiger partial charge on any atom is 0.258 e. The highest BCUT2D eigenvalue weighted by atomic mass is 35.5. The van der Waals surface area contributed by atoms with Gasteiger partial charge in [0.25, 0.3) is 5.91 Å². The summed E-state index contributed by atoms with van der Waals surface area (Å²) in [6.45, 7) is 5.60. The summed E-state index contributed by atoms with van der Waals surface area (Å²) in [5, 5.41) is 3.46. The van der Waals surface area contributed by atoms with Crippen molar-refractivity contribution < 1.29 is 4.79 Å². The Morgan fingerprint density at radius 1 is 1.19 bits per heavy atom. The van der Waals surface area contributed by atoms with Gasteiger partial charge in [-0.25, -0.2) is 15.0 Å². The molecular formula is C23H26ClN5OP2. The third-order valence-electron chi connectivity index (χ3n) is 5.37. The van der Waals surface area contributed by atoms with Crippen LogP contribution in [0.5, 0.6) is 0 Å². The molecule has 166 valence electrons. The first-order valence-electron chi connectivity index (χ1n) is 10.5. The molecule has 2 aromatic heterocycles. The molecule has 0 radical (unpaired) electrons. The molecule has 4 rings (SSSR count). The van der Waals surface area contributed by atoms with Gasteiger partial charge in [-0.2, -0.15) is 0 Å². The summed E-state index contributed by atoms with van der Waals surface area (Å²) >= 11 is 6.44. The fourth-order valence-corrected chi connectivity index (χ4v) is 4.56. The second kappa shape index (κ2) is 9.39. The van der Waals surface area contributed by atoms with Crippen molar-refractivity contribution in [2.24, 2.45) is 0 Å². The lowest BCUT2D eigenvalue weighted by molar-refractivity contribution is 0.102. The summed E-state index contributed by atoms with van der Waals surface area (Å²) in [7, 11) is 5.78. The number of benzene rings is 1. The summed E-state index contributed by atoms with van der Waals surface area (Å²) in [6.07, 6.45) is 4.10. The Bertz CT molecular complexity index is 1120. The molecule has 2 atom stereocenters. The second-order valence-electron chi connectivity index (χ2n) is 8.40. The monoisotopic (exact) mass is 485 g/mol. The Balaban J connectivity index is 1.77. The number of rotatable bonds is 5. The van der Waals surface area contributed by atoms with Crippen molar-refractivity contribution in [1.82, 2.24) is 15.0 Å². The highest BCUT2D eigenvalue weighted by Gasteiger charge is 2.33. The van der Waals surface area contributed by atoms with Gasteiger partial charge in [0.2, 0.25) is 0 Å². The van der Waals surface area contributed by atoms with Crippen molar-refractivity contribution in [1.29, 1.82) is 0 Å². The SMILES string of the molecule is CC(C)c1ncc(C(=O)Nc2c(-c3ccccc3)cc(Cl)nc2N2CCC(P)(P)C2)cn1. The normalized spacial score (nSPS) is 15.2. The van der Waals surface area contributed by atoms with Crippen LogP contribution in [0.4, 0.5) is 11.5 Å². The zero-order chi connectivity index (χ0) is 22.9. The molecule has 3 heterocycles. The lowest BCUT2D eigenvalue weighted by atomic mass is 10.0. The maximum absolute atomic E-state index is 13.2. The topological polar surface area (TPSA) is 71.0 Å². The maximum atomic E-state index is 13.2. The van der Waals surface area contributed by atoms with Gasteiger partial charge in [-0.05, 0) is 18.1 Å². The zero-order valence-electron chi connectivity index (χ0n) is 18.0. The first-order valence-corrected chi connectivity index (χ1v) is 12.0. The number of aromatic nitrogens is 3. The number of hydrogen-bond donors (Lipinski definition) is 1. The van der Waals surface area contributed by atoms with Crippen LogP contribution in [-0.2, 0) is 0 Å². The fraction of sp³-hybridized carbons (Fsp3) is 0.304. The van der Waals surface area contributed by atoms with E-state index in [0.717, 1.165) is 30.6 Å². The lowest BCUT2D eigenvalue weighted by Crippen LogP contribution is -2.26. The van der Waals surface area contributed by atoms with E-state index in [1.807, 2.05) is 44.2 Å². The van der Waals surface area contributed by atoms with E-state index >= 15 is 0 Å². The lowest BCUT2D eigenvalue weighted by Gasteiger charge is -2.25. The minimum Gasteiger partial charge on any atom is -0.354 e. The predicted molar refractivity (Wildman–Crippen MR) is 138 cm³/mol. The van der Waals surface area contributed by atoms with E-state index in [0.29, 0.717) is 28.0 Å². The van der Waals surface area contributed by atoms with Gasteiger partial charge in [0, 0.05) is 41.9 Å². The van der Waals surface area contributed by atoms with E-state index in [-0.39, 0.29) is 16.7 Å². The Labute approximate surface area is 198 Å². The van der Waals surface area contributed by atoms with Crippen LogP contribution in [0.1, 0.15) is 42.4 Å². The van der Waals surface area contributed by atoms with Crippen LogP contribution in [-0.4, -0.2) is 38.8 Å². The Hall–Kier alpha value is -2.13.